The highest BCUT2D eigenvalue weighted by Crippen LogP contribution is 2.44. The average molecular weight is 697 g/mol. The molecule has 0 heterocycles. The van der Waals surface area contributed by atoms with Gasteiger partial charge in [0.15, 0.2) is 0 Å². The highest BCUT2D eigenvalue weighted by atomic mass is 16.6. The van der Waals surface area contributed by atoms with E-state index in [9.17, 15) is 29.1 Å². The monoisotopic (exact) mass is 696 g/mol. The molecule has 1 aliphatic carbocycles. The quantitative estimate of drug-likeness (QED) is 0.106. The fourth-order valence-corrected chi connectivity index (χ4v) is 5.54. The zero-order chi connectivity index (χ0) is 36.9. The maximum absolute atomic E-state index is 13.0. The van der Waals surface area contributed by atoms with Crippen LogP contribution in [0, 0.1) is 0 Å². The van der Waals surface area contributed by atoms with Crippen LogP contribution < -0.4 is 21.3 Å². The Morgan fingerprint density at radius 3 is 1.68 bits per heavy atom. The summed E-state index contributed by atoms with van der Waals surface area (Å²) in [5.41, 5.74) is 2.92. The van der Waals surface area contributed by atoms with Gasteiger partial charge in [-0.05, 0) is 102 Å². The molecule has 4 amide bonds. The first-order valence-corrected chi connectivity index (χ1v) is 17.1. The first-order chi connectivity index (χ1) is 23.5. The number of carboxylic acids is 1. The number of amides is 4. The van der Waals surface area contributed by atoms with Gasteiger partial charge in [-0.25, -0.2) is 19.2 Å². The smallest absolute Gasteiger partial charge is 0.408 e. The minimum Gasteiger partial charge on any atom is -0.480 e. The molecule has 50 heavy (non-hydrogen) atoms. The van der Waals surface area contributed by atoms with Gasteiger partial charge >= 0.3 is 24.2 Å². The Kier molecular flexibility index (Phi) is 14.5. The van der Waals surface area contributed by atoms with Gasteiger partial charge in [0.2, 0.25) is 5.91 Å². The first kappa shape index (κ1) is 39.6. The van der Waals surface area contributed by atoms with Crippen LogP contribution in [0.5, 0.6) is 0 Å². The van der Waals surface area contributed by atoms with Crippen molar-refractivity contribution in [2.75, 3.05) is 19.7 Å². The van der Waals surface area contributed by atoms with Crippen LogP contribution in [0.25, 0.3) is 11.1 Å². The summed E-state index contributed by atoms with van der Waals surface area (Å²) in [6.45, 7) is 11.1. The third-order valence-electron chi connectivity index (χ3n) is 7.75. The molecule has 0 aromatic heterocycles. The lowest BCUT2D eigenvalue weighted by Crippen LogP contribution is -2.48. The van der Waals surface area contributed by atoms with E-state index in [1.807, 2.05) is 48.5 Å². The van der Waals surface area contributed by atoms with Gasteiger partial charge in [0.1, 0.15) is 29.9 Å². The molecule has 2 unspecified atom stereocenters. The number of benzene rings is 2. The second-order valence-electron chi connectivity index (χ2n) is 14.3. The summed E-state index contributed by atoms with van der Waals surface area (Å²) in [6, 6.07) is 13.8. The molecule has 274 valence electrons. The van der Waals surface area contributed by atoms with Gasteiger partial charge in [-0.3, -0.25) is 4.79 Å². The zero-order valence-corrected chi connectivity index (χ0v) is 29.9. The van der Waals surface area contributed by atoms with E-state index in [-0.39, 0.29) is 25.5 Å². The van der Waals surface area contributed by atoms with E-state index in [1.165, 1.54) is 0 Å². The van der Waals surface area contributed by atoms with E-state index in [0.29, 0.717) is 38.6 Å². The Balaban J connectivity index is 1.43. The number of fused-ring (bicyclic) bond motifs is 3. The lowest BCUT2D eigenvalue weighted by molar-refractivity contribution is -0.139. The summed E-state index contributed by atoms with van der Waals surface area (Å²) in [5, 5.41) is 20.3. The van der Waals surface area contributed by atoms with Crippen LogP contribution in [0.15, 0.2) is 48.5 Å². The summed E-state index contributed by atoms with van der Waals surface area (Å²) in [7, 11) is 0. The number of hydrogen-bond donors (Lipinski definition) is 5. The van der Waals surface area contributed by atoms with Gasteiger partial charge in [0.25, 0.3) is 0 Å². The Morgan fingerprint density at radius 2 is 1.14 bits per heavy atom. The van der Waals surface area contributed by atoms with E-state index in [1.54, 1.807) is 41.5 Å². The Morgan fingerprint density at radius 1 is 0.660 bits per heavy atom. The highest BCUT2D eigenvalue weighted by molar-refractivity contribution is 5.85. The molecule has 1 aliphatic rings. The lowest BCUT2D eigenvalue weighted by atomic mass is 9.98. The lowest BCUT2D eigenvalue weighted by Gasteiger charge is -2.23. The summed E-state index contributed by atoms with van der Waals surface area (Å²) < 4.78 is 16.0. The number of carboxylic acid groups (broad SMARTS) is 1. The number of alkyl carbamates (subject to hydrolysis) is 3. The van der Waals surface area contributed by atoms with Crippen LogP contribution in [-0.4, -0.2) is 78.2 Å². The van der Waals surface area contributed by atoms with E-state index >= 15 is 0 Å². The number of hydrogen-bond acceptors (Lipinski definition) is 8. The SMILES string of the molecule is CC(C)(C)OC(=O)NCCCCC(NC(=O)OC(C)(C)C)C(=O)NCCCCC(NC(=O)OCC1c2ccccc2-c2ccccc21)C(=O)O. The number of nitrogens with one attached hydrogen (secondary N) is 4. The van der Waals surface area contributed by atoms with Gasteiger partial charge in [-0.15, -0.1) is 0 Å². The normalized spacial score (nSPS) is 13.6. The topological polar surface area (TPSA) is 181 Å². The predicted molar refractivity (Wildman–Crippen MR) is 188 cm³/mol. The Labute approximate surface area is 294 Å². The maximum Gasteiger partial charge on any atom is 0.408 e. The van der Waals surface area contributed by atoms with Gasteiger partial charge in [0.05, 0.1) is 0 Å². The van der Waals surface area contributed by atoms with Gasteiger partial charge in [0, 0.05) is 19.0 Å². The molecule has 5 N–H and O–H groups in total. The van der Waals surface area contributed by atoms with Crippen molar-refractivity contribution >= 4 is 30.2 Å². The standard InChI is InChI=1S/C37H52N4O9/c1-36(2,3)49-33(45)39-22-14-11-19-29(40-35(47)50-37(4,5)6)31(42)38-21-13-12-20-30(32(43)44)41-34(46)48-23-28-26-17-9-7-15-24(26)25-16-8-10-18-27(25)28/h7-10,15-18,28-30H,11-14,19-23H2,1-6H3,(H,38,42)(H,39,45)(H,40,47)(H,41,46)(H,43,44). The number of unbranched alkanes of at least 4 members (excludes halogenated alkanes) is 2. The van der Waals surface area contributed by atoms with Crippen molar-refractivity contribution < 1.29 is 43.3 Å². The van der Waals surface area contributed by atoms with Crippen molar-refractivity contribution in [3.63, 3.8) is 0 Å². The number of ether oxygens (including phenoxy) is 3. The first-order valence-electron chi connectivity index (χ1n) is 17.1. The molecular weight excluding hydrogens is 644 g/mol. The van der Waals surface area contributed by atoms with E-state index in [4.69, 9.17) is 14.2 Å². The fourth-order valence-electron chi connectivity index (χ4n) is 5.54. The molecule has 0 bridgehead atoms. The summed E-state index contributed by atoms with van der Waals surface area (Å²) in [5.74, 6) is -1.75. The minimum absolute atomic E-state index is 0.0664. The molecular formula is C37H52N4O9. The number of carbonyl (C=O) groups excluding carboxylic acids is 4. The molecule has 3 rings (SSSR count). The molecule has 0 saturated carbocycles. The third-order valence-corrected chi connectivity index (χ3v) is 7.75. The maximum atomic E-state index is 13.0. The minimum atomic E-state index is -1.19. The second-order valence-corrected chi connectivity index (χ2v) is 14.3. The van der Waals surface area contributed by atoms with Crippen molar-refractivity contribution in [1.82, 2.24) is 21.3 Å². The fraction of sp³-hybridized carbons (Fsp3) is 0.541. The molecule has 2 atom stereocenters. The molecule has 13 nitrogen and oxygen atoms in total. The Hall–Kier alpha value is -4.81. The molecule has 2 aromatic carbocycles. The highest BCUT2D eigenvalue weighted by Gasteiger charge is 2.30. The van der Waals surface area contributed by atoms with E-state index < -0.39 is 53.4 Å². The van der Waals surface area contributed by atoms with Gasteiger partial charge in [-0.2, -0.15) is 0 Å². The molecule has 13 heteroatoms. The average Bonchev–Trinajstić information content (AvgIpc) is 3.34. The molecule has 0 spiro atoms. The predicted octanol–water partition coefficient (Wildman–Crippen LogP) is 5.85. The second kappa shape index (κ2) is 18.3. The Bertz CT molecular complexity index is 1440. The van der Waals surface area contributed by atoms with Crippen LogP contribution >= 0.6 is 0 Å². The third kappa shape index (κ3) is 13.2. The van der Waals surface area contributed by atoms with Crippen molar-refractivity contribution in [1.29, 1.82) is 0 Å². The van der Waals surface area contributed by atoms with Crippen molar-refractivity contribution in [3.8, 4) is 11.1 Å². The zero-order valence-electron chi connectivity index (χ0n) is 29.9. The van der Waals surface area contributed by atoms with Crippen LogP contribution in [0.4, 0.5) is 14.4 Å². The molecule has 0 fully saturated rings. The van der Waals surface area contributed by atoms with E-state index in [0.717, 1.165) is 22.3 Å². The van der Waals surface area contributed by atoms with Gasteiger partial charge in [-0.1, -0.05) is 48.5 Å². The van der Waals surface area contributed by atoms with Crippen molar-refractivity contribution in [3.05, 3.63) is 59.7 Å². The van der Waals surface area contributed by atoms with Crippen LogP contribution in [-0.2, 0) is 23.8 Å². The van der Waals surface area contributed by atoms with Crippen LogP contribution in [0.2, 0.25) is 0 Å². The van der Waals surface area contributed by atoms with Crippen LogP contribution in [0.1, 0.15) is 97.1 Å². The summed E-state index contributed by atoms with van der Waals surface area (Å²) in [6.07, 6.45) is 0.238. The number of carbonyl (C=O) groups is 5. The van der Waals surface area contributed by atoms with Gasteiger partial charge < -0.3 is 40.6 Å². The summed E-state index contributed by atoms with van der Waals surface area (Å²) >= 11 is 0. The number of rotatable bonds is 16. The molecule has 0 saturated heterocycles. The largest absolute Gasteiger partial charge is 0.480 e. The van der Waals surface area contributed by atoms with E-state index in [2.05, 4.69) is 21.3 Å². The molecule has 0 aliphatic heterocycles. The van der Waals surface area contributed by atoms with Crippen molar-refractivity contribution in [2.24, 2.45) is 0 Å². The summed E-state index contributed by atoms with van der Waals surface area (Å²) in [4.78, 5) is 61.9. The van der Waals surface area contributed by atoms with Crippen molar-refractivity contribution in [2.45, 2.75) is 109 Å². The number of aliphatic carboxylic acids is 1. The molecule has 2 aromatic rings. The molecule has 0 radical (unpaired) electrons. The van der Waals surface area contributed by atoms with Crippen LogP contribution in [0.3, 0.4) is 0 Å².